The summed E-state index contributed by atoms with van der Waals surface area (Å²) in [4.78, 5) is 8.79. The molecule has 5 heteroatoms. The molecule has 1 heterocycles. The van der Waals surface area contributed by atoms with Crippen LogP contribution in [-0.2, 0) is 5.41 Å². The SMILES string of the molecule is CNc1cc(Oc2cc(C)ccc2F)nc(C(C)(C)C)n1. The second-order valence-electron chi connectivity index (χ2n) is 5.95. The zero-order valence-corrected chi connectivity index (χ0v) is 13.0. The van der Waals surface area contributed by atoms with Crippen LogP contribution in [0, 0.1) is 12.7 Å². The lowest BCUT2D eigenvalue weighted by molar-refractivity contribution is 0.417. The minimum atomic E-state index is -0.414. The molecule has 1 aromatic heterocycles. The van der Waals surface area contributed by atoms with Gasteiger partial charge in [-0.15, -0.1) is 0 Å². The molecule has 0 atom stereocenters. The Balaban J connectivity index is 2.42. The summed E-state index contributed by atoms with van der Waals surface area (Å²) >= 11 is 0. The van der Waals surface area contributed by atoms with Gasteiger partial charge in [-0.1, -0.05) is 26.8 Å². The van der Waals surface area contributed by atoms with E-state index in [0.29, 0.717) is 17.5 Å². The molecule has 0 aliphatic heterocycles. The molecule has 0 bridgehead atoms. The standard InChI is InChI=1S/C16H20FN3O/c1-10-6-7-11(17)12(8-10)21-14-9-13(18-5)19-15(20-14)16(2,3)4/h6-9H,1-5H3,(H,18,19,20). The summed E-state index contributed by atoms with van der Waals surface area (Å²) in [6.07, 6.45) is 0. The molecule has 0 saturated heterocycles. The van der Waals surface area contributed by atoms with Crippen molar-refractivity contribution in [3.63, 3.8) is 0 Å². The fourth-order valence-electron chi connectivity index (χ4n) is 1.74. The number of rotatable bonds is 3. The fourth-order valence-corrected chi connectivity index (χ4v) is 1.74. The number of halogens is 1. The average Bonchev–Trinajstić information content (AvgIpc) is 2.41. The Morgan fingerprint density at radius 2 is 1.86 bits per heavy atom. The Bertz CT molecular complexity index is 650. The van der Waals surface area contributed by atoms with Crippen LogP contribution in [0.4, 0.5) is 10.2 Å². The lowest BCUT2D eigenvalue weighted by Crippen LogP contribution is -2.17. The highest BCUT2D eigenvalue weighted by Crippen LogP contribution is 2.28. The van der Waals surface area contributed by atoms with Crippen LogP contribution in [0.25, 0.3) is 0 Å². The van der Waals surface area contributed by atoms with Crippen LogP contribution in [0.1, 0.15) is 32.2 Å². The number of anilines is 1. The van der Waals surface area contributed by atoms with Crippen LogP contribution in [0.15, 0.2) is 24.3 Å². The molecule has 0 spiro atoms. The average molecular weight is 289 g/mol. The molecule has 0 amide bonds. The molecule has 2 rings (SSSR count). The molecular formula is C16H20FN3O. The van der Waals surface area contributed by atoms with E-state index in [2.05, 4.69) is 15.3 Å². The quantitative estimate of drug-likeness (QED) is 0.925. The summed E-state index contributed by atoms with van der Waals surface area (Å²) in [5, 5.41) is 2.97. The summed E-state index contributed by atoms with van der Waals surface area (Å²) in [7, 11) is 1.77. The topological polar surface area (TPSA) is 47.0 Å². The van der Waals surface area contributed by atoms with Crippen molar-refractivity contribution in [3.8, 4) is 11.6 Å². The van der Waals surface area contributed by atoms with E-state index in [1.165, 1.54) is 6.07 Å². The van der Waals surface area contributed by atoms with Gasteiger partial charge in [-0.25, -0.2) is 9.37 Å². The first-order valence-corrected chi connectivity index (χ1v) is 6.81. The van der Waals surface area contributed by atoms with Gasteiger partial charge >= 0.3 is 0 Å². The van der Waals surface area contributed by atoms with Gasteiger partial charge in [-0.3, -0.25) is 0 Å². The molecule has 0 fully saturated rings. The molecule has 0 unspecified atom stereocenters. The molecule has 0 radical (unpaired) electrons. The Hall–Kier alpha value is -2.17. The van der Waals surface area contributed by atoms with Gasteiger partial charge in [0.2, 0.25) is 5.88 Å². The van der Waals surface area contributed by atoms with E-state index in [-0.39, 0.29) is 11.2 Å². The third-order valence-electron chi connectivity index (χ3n) is 2.93. The molecular weight excluding hydrogens is 269 g/mol. The highest BCUT2D eigenvalue weighted by atomic mass is 19.1. The molecule has 112 valence electrons. The van der Waals surface area contributed by atoms with Gasteiger partial charge in [0.25, 0.3) is 0 Å². The van der Waals surface area contributed by atoms with Gasteiger partial charge in [-0.05, 0) is 24.6 Å². The van der Waals surface area contributed by atoms with E-state index in [0.717, 1.165) is 5.56 Å². The maximum absolute atomic E-state index is 13.8. The van der Waals surface area contributed by atoms with Gasteiger partial charge in [0.1, 0.15) is 11.6 Å². The van der Waals surface area contributed by atoms with Gasteiger partial charge in [-0.2, -0.15) is 4.98 Å². The number of aryl methyl sites for hydroxylation is 1. The first kappa shape index (κ1) is 15.2. The number of benzene rings is 1. The molecule has 4 nitrogen and oxygen atoms in total. The van der Waals surface area contributed by atoms with Crippen molar-refractivity contribution in [2.24, 2.45) is 0 Å². The first-order valence-electron chi connectivity index (χ1n) is 6.81. The summed E-state index contributed by atoms with van der Waals surface area (Å²) in [6.45, 7) is 7.92. The van der Waals surface area contributed by atoms with Crippen molar-refractivity contribution < 1.29 is 9.13 Å². The highest BCUT2D eigenvalue weighted by molar-refractivity contribution is 5.41. The largest absolute Gasteiger partial charge is 0.436 e. The van der Waals surface area contributed by atoms with E-state index in [4.69, 9.17) is 4.74 Å². The zero-order chi connectivity index (χ0) is 15.6. The Labute approximate surface area is 124 Å². The Morgan fingerprint density at radius 3 is 2.48 bits per heavy atom. The molecule has 21 heavy (non-hydrogen) atoms. The number of ether oxygens (including phenoxy) is 1. The predicted octanol–water partition coefficient (Wildman–Crippen LogP) is 4.06. The van der Waals surface area contributed by atoms with E-state index >= 15 is 0 Å². The van der Waals surface area contributed by atoms with Crippen LogP contribution in [0.5, 0.6) is 11.6 Å². The van der Waals surface area contributed by atoms with Crippen LogP contribution < -0.4 is 10.1 Å². The van der Waals surface area contributed by atoms with Gasteiger partial charge in [0.15, 0.2) is 11.6 Å². The molecule has 1 N–H and O–H groups in total. The van der Waals surface area contributed by atoms with Gasteiger partial charge in [0, 0.05) is 18.5 Å². The highest BCUT2D eigenvalue weighted by Gasteiger charge is 2.20. The van der Waals surface area contributed by atoms with Gasteiger partial charge < -0.3 is 10.1 Å². The first-order chi connectivity index (χ1) is 9.79. The van der Waals surface area contributed by atoms with Crippen molar-refractivity contribution in [1.82, 2.24) is 9.97 Å². The van der Waals surface area contributed by atoms with E-state index in [1.807, 2.05) is 27.7 Å². The normalized spacial score (nSPS) is 11.3. The monoisotopic (exact) mass is 289 g/mol. The minimum absolute atomic E-state index is 0.163. The van der Waals surface area contributed by atoms with E-state index < -0.39 is 5.82 Å². The molecule has 2 aromatic rings. The zero-order valence-electron chi connectivity index (χ0n) is 13.0. The summed E-state index contributed by atoms with van der Waals surface area (Å²) in [5.41, 5.74) is 0.696. The number of nitrogens with one attached hydrogen (secondary N) is 1. The second-order valence-corrected chi connectivity index (χ2v) is 5.95. The van der Waals surface area contributed by atoms with Crippen LogP contribution in [-0.4, -0.2) is 17.0 Å². The van der Waals surface area contributed by atoms with Crippen LogP contribution in [0.3, 0.4) is 0 Å². The number of hydrogen-bond acceptors (Lipinski definition) is 4. The number of nitrogens with zero attached hydrogens (tertiary/aromatic N) is 2. The smallest absolute Gasteiger partial charge is 0.224 e. The van der Waals surface area contributed by atoms with E-state index in [1.54, 1.807) is 25.2 Å². The molecule has 1 aromatic carbocycles. The Morgan fingerprint density at radius 1 is 1.14 bits per heavy atom. The maximum Gasteiger partial charge on any atom is 0.224 e. The summed E-state index contributed by atoms with van der Waals surface area (Å²) in [6, 6.07) is 6.38. The summed E-state index contributed by atoms with van der Waals surface area (Å²) < 4.78 is 19.4. The van der Waals surface area contributed by atoms with Crippen LogP contribution in [0.2, 0.25) is 0 Å². The lowest BCUT2D eigenvalue weighted by Gasteiger charge is -2.18. The van der Waals surface area contributed by atoms with Crippen molar-refractivity contribution >= 4 is 5.82 Å². The van der Waals surface area contributed by atoms with Crippen molar-refractivity contribution in [2.45, 2.75) is 33.1 Å². The predicted molar refractivity (Wildman–Crippen MR) is 81.5 cm³/mol. The molecule has 0 aliphatic rings. The van der Waals surface area contributed by atoms with Crippen LogP contribution >= 0.6 is 0 Å². The number of aromatic nitrogens is 2. The van der Waals surface area contributed by atoms with Crippen molar-refractivity contribution in [3.05, 3.63) is 41.5 Å². The third kappa shape index (κ3) is 3.68. The summed E-state index contributed by atoms with van der Waals surface area (Å²) in [5.74, 6) is 1.34. The molecule has 0 saturated carbocycles. The molecule has 0 aliphatic carbocycles. The van der Waals surface area contributed by atoms with Gasteiger partial charge in [0.05, 0.1) is 0 Å². The second kappa shape index (κ2) is 5.68. The van der Waals surface area contributed by atoms with E-state index in [9.17, 15) is 4.39 Å². The number of hydrogen-bond donors (Lipinski definition) is 1. The third-order valence-corrected chi connectivity index (χ3v) is 2.93. The fraction of sp³-hybridized carbons (Fsp3) is 0.375. The lowest BCUT2D eigenvalue weighted by atomic mass is 9.96. The van der Waals surface area contributed by atoms with Crippen molar-refractivity contribution in [1.29, 1.82) is 0 Å². The van der Waals surface area contributed by atoms with Crippen molar-refractivity contribution in [2.75, 3.05) is 12.4 Å². The maximum atomic E-state index is 13.8. The Kier molecular flexibility index (Phi) is 4.11. The minimum Gasteiger partial charge on any atom is -0.436 e.